The van der Waals surface area contributed by atoms with Gasteiger partial charge in [0.05, 0.1) is 12.0 Å². The van der Waals surface area contributed by atoms with Crippen molar-refractivity contribution in [1.82, 2.24) is 24.5 Å². The van der Waals surface area contributed by atoms with E-state index >= 15 is 0 Å². The molecule has 0 unspecified atom stereocenters. The highest BCUT2D eigenvalue weighted by Gasteiger charge is 2.18. The number of rotatable bonds is 8. The summed E-state index contributed by atoms with van der Waals surface area (Å²) in [6.07, 6.45) is 0. The first-order valence-corrected chi connectivity index (χ1v) is 11.4. The van der Waals surface area contributed by atoms with Crippen LogP contribution in [0.25, 0.3) is 17.0 Å². The van der Waals surface area contributed by atoms with E-state index in [0.717, 1.165) is 11.1 Å². The fraction of sp³-hybridized carbons (Fsp3) is 0.227. The van der Waals surface area contributed by atoms with Crippen LogP contribution in [-0.2, 0) is 10.0 Å². The molecule has 0 atom stereocenters. The Labute approximate surface area is 186 Å². The normalized spacial score (nSPS) is 11.6. The van der Waals surface area contributed by atoms with Crippen LogP contribution in [0.3, 0.4) is 0 Å². The minimum atomic E-state index is -3.69. The maximum Gasteiger partial charge on any atom is 0.240 e. The maximum atomic E-state index is 12.7. The Morgan fingerprint density at radius 1 is 1.00 bits per heavy atom. The number of aromatic nitrogens is 4. The van der Waals surface area contributed by atoms with Crippen molar-refractivity contribution in [2.45, 2.75) is 18.7 Å². The van der Waals surface area contributed by atoms with Gasteiger partial charge in [-0.3, -0.25) is 0 Å². The lowest BCUT2D eigenvalue weighted by Crippen LogP contribution is -2.29. The third kappa shape index (κ3) is 4.41. The molecule has 2 aromatic heterocycles. The highest BCUT2D eigenvalue weighted by molar-refractivity contribution is 7.89. The smallest absolute Gasteiger partial charge is 0.240 e. The van der Waals surface area contributed by atoms with Gasteiger partial charge in [0, 0.05) is 18.2 Å². The Morgan fingerprint density at radius 2 is 1.78 bits per heavy atom. The van der Waals surface area contributed by atoms with E-state index in [1.54, 1.807) is 49.7 Å². The molecule has 0 spiro atoms. The largest absolute Gasteiger partial charge is 0.496 e. The van der Waals surface area contributed by atoms with Crippen molar-refractivity contribution in [3.8, 4) is 23.0 Å². The van der Waals surface area contributed by atoms with E-state index in [9.17, 15) is 8.42 Å². The molecule has 32 heavy (non-hydrogen) atoms. The summed E-state index contributed by atoms with van der Waals surface area (Å²) in [5.41, 5.74) is 2.81. The fourth-order valence-electron chi connectivity index (χ4n) is 3.30. The summed E-state index contributed by atoms with van der Waals surface area (Å²) in [4.78, 5) is 0.215. The first-order valence-electron chi connectivity index (χ1n) is 9.94. The molecule has 1 N–H and O–H groups in total. The SMILES string of the molecule is COc1cc(C)c(S(=O)(=O)NCCOc2ccc3nnc(-c4ccccc4)n3n2)cc1C. The summed E-state index contributed by atoms with van der Waals surface area (Å²) in [5, 5.41) is 12.7. The monoisotopic (exact) mass is 453 g/mol. The van der Waals surface area contributed by atoms with Gasteiger partial charge in [0.25, 0.3) is 0 Å². The standard InChI is InChI=1S/C22H23N5O4S/c1-15-14-19(16(2)13-18(15)30-3)32(28,29)23-11-12-31-21-10-9-20-24-25-22(27(20)26-21)17-7-5-4-6-8-17/h4-10,13-14,23H,11-12H2,1-3H3. The molecule has 0 saturated carbocycles. The van der Waals surface area contributed by atoms with Gasteiger partial charge in [-0.1, -0.05) is 30.3 Å². The van der Waals surface area contributed by atoms with Crippen LogP contribution < -0.4 is 14.2 Å². The lowest BCUT2D eigenvalue weighted by Gasteiger charge is -2.13. The first-order chi connectivity index (χ1) is 15.4. The molecule has 9 nitrogen and oxygen atoms in total. The van der Waals surface area contributed by atoms with Crippen LogP contribution in [0.2, 0.25) is 0 Å². The lowest BCUT2D eigenvalue weighted by atomic mass is 10.1. The average Bonchev–Trinajstić information content (AvgIpc) is 3.22. The molecule has 0 fully saturated rings. The number of hydrogen-bond donors (Lipinski definition) is 1. The van der Waals surface area contributed by atoms with Gasteiger partial charge in [0.2, 0.25) is 15.9 Å². The van der Waals surface area contributed by atoms with Crippen LogP contribution in [0.15, 0.2) is 59.5 Å². The number of nitrogens with one attached hydrogen (secondary N) is 1. The van der Waals surface area contributed by atoms with E-state index in [2.05, 4.69) is 20.0 Å². The first kappa shape index (κ1) is 21.7. The van der Waals surface area contributed by atoms with Gasteiger partial charge in [-0.25, -0.2) is 13.1 Å². The van der Waals surface area contributed by atoms with Gasteiger partial charge in [-0.15, -0.1) is 15.3 Å². The maximum absolute atomic E-state index is 12.7. The van der Waals surface area contributed by atoms with E-state index in [1.165, 1.54) is 0 Å². The molecule has 0 bridgehead atoms. The Morgan fingerprint density at radius 3 is 2.53 bits per heavy atom. The molecule has 4 aromatic rings. The number of hydrogen-bond acceptors (Lipinski definition) is 7. The second-order valence-electron chi connectivity index (χ2n) is 7.16. The van der Waals surface area contributed by atoms with E-state index in [0.29, 0.717) is 28.7 Å². The number of methoxy groups -OCH3 is 1. The van der Waals surface area contributed by atoms with Gasteiger partial charge in [-0.05, 0) is 43.2 Å². The van der Waals surface area contributed by atoms with Crippen molar-refractivity contribution in [2.75, 3.05) is 20.3 Å². The minimum absolute atomic E-state index is 0.0836. The summed E-state index contributed by atoms with van der Waals surface area (Å²) in [6, 6.07) is 16.3. The molecular formula is C22H23N5O4S. The van der Waals surface area contributed by atoms with E-state index < -0.39 is 10.0 Å². The summed E-state index contributed by atoms with van der Waals surface area (Å²) in [7, 11) is -2.14. The minimum Gasteiger partial charge on any atom is -0.496 e. The third-order valence-corrected chi connectivity index (χ3v) is 6.50. The number of benzene rings is 2. The predicted molar refractivity (Wildman–Crippen MR) is 119 cm³/mol. The van der Waals surface area contributed by atoms with Crippen molar-refractivity contribution in [3.05, 3.63) is 65.7 Å². The van der Waals surface area contributed by atoms with Crippen molar-refractivity contribution < 1.29 is 17.9 Å². The molecule has 10 heteroatoms. The summed E-state index contributed by atoms with van der Waals surface area (Å²) in [5.74, 6) is 1.58. The number of fused-ring (bicyclic) bond motifs is 1. The Hall–Kier alpha value is -3.50. The molecule has 0 aliphatic carbocycles. The van der Waals surface area contributed by atoms with Gasteiger partial charge in [-0.2, -0.15) is 4.52 Å². The molecule has 2 heterocycles. The zero-order valence-corrected chi connectivity index (χ0v) is 18.8. The van der Waals surface area contributed by atoms with E-state index in [-0.39, 0.29) is 18.0 Å². The molecule has 0 aliphatic rings. The Kier molecular flexibility index (Phi) is 6.06. The molecular weight excluding hydrogens is 430 g/mol. The number of aryl methyl sites for hydroxylation is 2. The Balaban J connectivity index is 1.43. The van der Waals surface area contributed by atoms with Crippen LogP contribution in [0.1, 0.15) is 11.1 Å². The highest BCUT2D eigenvalue weighted by Crippen LogP contribution is 2.25. The lowest BCUT2D eigenvalue weighted by molar-refractivity contribution is 0.306. The molecule has 0 saturated heterocycles. The van der Waals surface area contributed by atoms with Crippen molar-refractivity contribution >= 4 is 15.7 Å². The van der Waals surface area contributed by atoms with Gasteiger partial charge in [0.15, 0.2) is 11.5 Å². The van der Waals surface area contributed by atoms with Gasteiger partial charge >= 0.3 is 0 Å². The number of nitrogens with zero attached hydrogens (tertiary/aromatic N) is 4. The quantitative estimate of drug-likeness (QED) is 0.409. The predicted octanol–water partition coefficient (Wildman–Crippen LogP) is 2.77. The van der Waals surface area contributed by atoms with Gasteiger partial charge < -0.3 is 9.47 Å². The highest BCUT2D eigenvalue weighted by atomic mass is 32.2. The van der Waals surface area contributed by atoms with Crippen molar-refractivity contribution in [1.29, 1.82) is 0 Å². The van der Waals surface area contributed by atoms with Crippen LogP contribution in [-0.4, -0.2) is 48.5 Å². The summed E-state index contributed by atoms with van der Waals surface area (Å²) >= 11 is 0. The fourth-order valence-corrected chi connectivity index (χ4v) is 4.62. The molecule has 0 amide bonds. The summed E-state index contributed by atoms with van der Waals surface area (Å²) < 4.78 is 40.5. The van der Waals surface area contributed by atoms with Crippen LogP contribution in [0, 0.1) is 13.8 Å². The van der Waals surface area contributed by atoms with Crippen LogP contribution in [0.5, 0.6) is 11.6 Å². The zero-order chi connectivity index (χ0) is 22.7. The van der Waals surface area contributed by atoms with Crippen molar-refractivity contribution in [2.24, 2.45) is 0 Å². The van der Waals surface area contributed by atoms with E-state index in [4.69, 9.17) is 9.47 Å². The second kappa shape index (κ2) is 8.93. The van der Waals surface area contributed by atoms with Gasteiger partial charge in [0.1, 0.15) is 12.4 Å². The average molecular weight is 454 g/mol. The number of sulfonamides is 1. The number of ether oxygens (including phenoxy) is 2. The topological polar surface area (TPSA) is 108 Å². The summed E-state index contributed by atoms with van der Waals surface area (Å²) in [6.45, 7) is 3.72. The molecule has 2 aromatic carbocycles. The molecule has 0 aliphatic heterocycles. The molecule has 0 radical (unpaired) electrons. The van der Waals surface area contributed by atoms with Crippen LogP contribution >= 0.6 is 0 Å². The molecule has 4 rings (SSSR count). The zero-order valence-electron chi connectivity index (χ0n) is 17.9. The van der Waals surface area contributed by atoms with E-state index in [1.807, 2.05) is 30.3 Å². The third-order valence-electron chi connectivity index (χ3n) is 4.90. The second-order valence-corrected chi connectivity index (χ2v) is 8.90. The van der Waals surface area contributed by atoms with Crippen molar-refractivity contribution in [3.63, 3.8) is 0 Å². The van der Waals surface area contributed by atoms with Crippen LogP contribution in [0.4, 0.5) is 0 Å². The Bertz CT molecular complexity index is 1350. The molecule has 166 valence electrons.